The fourth-order valence-electron chi connectivity index (χ4n) is 4.24. The van der Waals surface area contributed by atoms with Crippen molar-refractivity contribution in [2.24, 2.45) is 0 Å². The minimum Gasteiger partial charge on any atom is -0.465 e. The van der Waals surface area contributed by atoms with Gasteiger partial charge < -0.3 is 14.5 Å². The molecule has 1 saturated heterocycles. The molecule has 1 aromatic carbocycles. The van der Waals surface area contributed by atoms with Crippen LogP contribution >= 0.6 is 0 Å². The smallest absolute Gasteiger partial charge is 0.261 e. The minimum absolute atomic E-state index is 0.0592. The molecule has 0 bridgehead atoms. The third-order valence-corrected chi connectivity index (χ3v) is 5.98. The van der Waals surface area contributed by atoms with E-state index in [1.807, 2.05) is 32.0 Å². The largest absolute Gasteiger partial charge is 0.465 e. The maximum Gasteiger partial charge on any atom is 0.261 e. The van der Waals surface area contributed by atoms with E-state index in [0.29, 0.717) is 37.3 Å². The summed E-state index contributed by atoms with van der Waals surface area (Å²) >= 11 is 0. The molecular formula is C24H29N3O5. The van der Waals surface area contributed by atoms with Gasteiger partial charge in [-0.1, -0.05) is 11.6 Å². The number of furan rings is 1. The Morgan fingerprint density at radius 3 is 2.53 bits per heavy atom. The van der Waals surface area contributed by atoms with E-state index in [0.717, 1.165) is 30.2 Å². The van der Waals surface area contributed by atoms with Crippen LogP contribution in [0.1, 0.15) is 56.7 Å². The Balaban J connectivity index is 1.29. The standard InChI is InChI=1S/C24H29N3O5/c1-16-5-7-18-19(14-16)24(30)27(23(18)29)9-3-4-22(28)25-15-20(21-8-6-17(2)32-21)26-10-12-31-13-11-26/h5-8,14,20H,3-4,9-13,15H2,1-2H3,(H,25,28). The summed E-state index contributed by atoms with van der Waals surface area (Å²) in [7, 11) is 0. The van der Waals surface area contributed by atoms with Crippen molar-refractivity contribution in [1.82, 2.24) is 15.1 Å². The Bertz CT molecular complexity index is 1010. The Kier molecular flexibility index (Phi) is 6.72. The number of nitrogens with one attached hydrogen (secondary N) is 1. The molecular weight excluding hydrogens is 410 g/mol. The summed E-state index contributed by atoms with van der Waals surface area (Å²) in [5.41, 5.74) is 1.82. The van der Waals surface area contributed by atoms with Crippen molar-refractivity contribution in [1.29, 1.82) is 0 Å². The number of aryl methyl sites for hydroxylation is 2. The molecule has 1 fully saturated rings. The highest BCUT2D eigenvalue weighted by atomic mass is 16.5. The first-order chi connectivity index (χ1) is 15.4. The van der Waals surface area contributed by atoms with Crippen molar-refractivity contribution in [3.8, 4) is 0 Å². The summed E-state index contributed by atoms with van der Waals surface area (Å²) in [4.78, 5) is 41.1. The second-order valence-corrected chi connectivity index (χ2v) is 8.33. The topological polar surface area (TPSA) is 92.1 Å². The van der Waals surface area contributed by atoms with Crippen LogP contribution < -0.4 is 5.32 Å². The molecule has 1 atom stereocenters. The van der Waals surface area contributed by atoms with E-state index in [1.165, 1.54) is 4.90 Å². The highest BCUT2D eigenvalue weighted by molar-refractivity contribution is 6.21. The van der Waals surface area contributed by atoms with E-state index in [-0.39, 0.29) is 36.7 Å². The van der Waals surface area contributed by atoms with E-state index in [4.69, 9.17) is 9.15 Å². The Morgan fingerprint density at radius 2 is 1.81 bits per heavy atom. The molecule has 2 aliphatic rings. The number of carbonyl (C=O) groups excluding carboxylic acids is 3. The van der Waals surface area contributed by atoms with Crippen LogP contribution in [-0.4, -0.2) is 66.9 Å². The molecule has 8 heteroatoms. The second kappa shape index (κ2) is 9.67. The summed E-state index contributed by atoms with van der Waals surface area (Å²) in [6.07, 6.45) is 0.651. The van der Waals surface area contributed by atoms with E-state index in [9.17, 15) is 14.4 Å². The zero-order valence-electron chi connectivity index (χ0n) is 18.6. The van der Waals surface area contributed by atoms with Crippen LogP contribution in [0.3, 0.4) is 0 Å². The SMILES string of the molecule is Cc1ccc2c(c1)C(=O)N(CCCC(=O)NCC(c1ccc(C)o1)N1CCOCC1)C2=O. The first-order valence-electron chi connectivity index (χ1n) is 11.1. The molecule has 170 valence electrons. The van der Waals surface area contributed by atoms with Gasteiger partial charge in [-0.25, -0.2) is 0 Å². The molecule has 0 aliphatic carbocycles. The minimum atomic E-state index is -0.286. The Labute approximate surface area is 187 Å². The lowest BCUT2D eigenvalue weighted by atomic mass is 10.1. The predicted octanol–water partition coefficient (Wildman–Crippen LogP) is 2.46. The first-order valence-corrected chi connectivity index (χ1v) is 11.1. The zero-order chi connectivity index (χ0) is 22.7. The molecule has 1 N–H and O–H groups in total. The summed E-state index contributed by atoms with van der Waals surface area (Å²) in [6.45, 7) is 7.31. The van der Waals surface area contributed by atoms with Gasteiger partial charge in [-0.3, -0.25) is 24.2 Å². The number of amides is 3. The van der Waals surface area contributed by atoms with Crippen LogP contribution in [-0.2, 0) is 9.53 Å². The Morgan fingerprint density at radius 1 is 1.06 bits per heavy atom. The summed E-state index contributed by atoms with van der Waals surface area (Å²) < 4.78 is 11.3. The molecule has 1 unspecified atom stereocenters. The molecule has 3 heterocycles. The number of morpholine rings is 1. The lowest BCUT2D eigenvalue weighted by Crippen LogP contribution is -2.43. The van der Waals surface area contributed by atoms with Crippen LogP contribution in [0.4, 0.5) is 0 Å². The number of carbonyl (C=O) groups is 3. The highest BCUT2D eigenvalue weighted by Crippen LogP contribution is 2.25. The van der Waals surface area contributed by atoms with Gasteiger partial charge in [0.2, 0.25) is 5.91 Å². The summed E-state index contributed by atoms with van der Waals surface area (Å²) in [6, 6.07) is 9.08. The van der Waals surface area contributed by atoms with Crippen LogP contribution in [0.2, 0.25) is 0 Å². The Hall–Kier alpha value is -2.97. The first kappa shape index (κ1) is 22.2. The number of fused-ring (bicyclic) bond motifs is 1. The van der Waals surface area contributed by atoms with Gasteiger partial charge in [-0.2, -0.15) is 0 Å². The summed E-state index contributed by atoms with van der Waals surface area (Å²) in [5.74, 6) is 0.978. The molecule has 32 heavy (non-hydrogen) atoms. The molecule has 2 aromatic rings. The van der Waals surface area contributed by atoms with E-state index in [2.05, 4.69) is 10.2 Å². The fraction of sp³-hybridized carbons (Fsp3) is 0.458. The van der Waals surface area contributed by atoms with Crippen molar-refractivity contribution in [3.63, 3.8) is 0 Å². The van der Waals surface area contributed by atoms with Gasteiger partial charge in [0.05, 0.1) is 30.4 Å². The van der Waals surface area contributed by atoms with Gasteiger partial charge in [-0.15, -0.1) is 0 Å². The van der Waals surface area contributed by atoms with Gasteiger partial charge in [0, 0.05) is 32.6 Å². The van der Waals surface area contributed by atoms with Crippen molar-refractivity contribution in [2.75, 3.05) is 39.4 Å². The number of hydrogen-bond donors (Lipinski definition) is 1. The highest BCUT2D eigenvalue weighted by Gasteiger charge is 2.35. The number of imide groups is 1. The van der Waals surface area contributed by atoms with Gasteiger partial charge in [0.25, 0.3) is 11.8 Å². The maximum atomic E-state index is 12.6. The average molecular weight is 440 g/mol. The van der Waals surface area contributed by atoms with E-state index in [1.54, 1.807) is 12.1 Å². The van der Waals surface area contributed by atoms with Crippen molar-refractivity contribution < 1.29 is 23.5 Å². The monoisotopic (exact) mass is 439 g/mol. The number of ether oxygens (including phenoxy) is 1. The van der Waals surface area contributed by atoms with Gasteiger partial charge in [-0.05, 0) is 44.5 Å². The normalized spacial score (nSPS) is 17.5. The lowest BCUT2D eigenvalue weighted by molar-refractivity contribution is -0.121. The van der Waals surface area contributed by atoms with Crippen LogP contribution in [0.25, 0.3) is 0 Å². The molecule has 0 spiro atoms. The van der Waals surface area contributed by atoms with Crippen molar-refractivity contribution in [2.45, 2.75) is 32.7 Å². The molecule has 0 saturated carbocycles. The maximum absolute atomic E-state index is 12.6. The third kappa shape index (κ3) is 4.76. The summed E-state index contributed by atoms with van der Waals surface area (Å²) in [5, 5.41) is 2.99. The quantitative estimate of drug-likeness (QED) is 0.636. The lowest BCUT2D eigenvalue weighted by Gasteiger charge is -2.33. The van der Waals surface area contributed by atoms with E-state index >= 15 is 0 Å². The molecule has 0 radical (unpaired) electrons. The fourth-order valence-corrected chi connectivity index (χ4v) is 4.24. The number of hydrogen-bond acceptors (Lipinski definition) is 6. The van der Waals surface area contributed by atoms with Crippen molar-refractivity contribution >= 4 is 17.7 Å². The molecule has 8 nitrogen and oxygen atoms in total. The molecule has 4 rings (SSSR count). The third-order valence-electron chi connectivity index (χ3n) is 5.98. The predicted molar refractivity (Wildman–Crippen MR) is 117 cm³/mol. The van der Waals surface area contributed by atoms with Crippen molar-refractivity contribution in [3.05, 3.63) is 58.5 Å². The second-order valence-electron chi connectivity index (χ2n) is 8.33. The molecule has 1 aromatic heterocycles. The number of nitrogens with zero attached hydrogens (tertiary/aromatic N) is 2. The van der Waals surface area contributed by atoms with E-state index < -0.39 is 0 Å². The van der Waals surface area contributed by atoms with Gasteiger partial charge >= 0.3 is 0 Å². The zero-order valence-corrected chi connectivity index (χ0v) is 18.6. The molecule has 3 amide bonds. The van der Waals surface area contributed by atoms with Gasteiger partial charge in [0.15, 0.2) is 0 Å². The average Bonchev–Trinajstić information content (AvgIpc) is 3.31. The van der Waals surface area contributed by atoms with Gasteiger partial charge in [0.1, 0.15) is 11.5 Å². The molecule has 2 aliphatic heterocycles. The van der Waals surface area contributed by atoms with Crippen LogP contribution in [0.15, 0.2) is 34.7 Å². The number of rotatable bonds is 8. The van der Waals surface area contributed by atoms with Crippen LogP contribution in [0, 0.1) is 13.8 Å². The van der Waals surface area contributed by atoms with Crippen LogP contribution in [0.5, 0.6) is 0 Å². The number of benzene rings is 1.